The number of aromatic nitrogens is 2. The van der Waals surface area contributed by atoms with Crippen molar-refractivity contribution in [3.8, 4) is 22.8 Å². The van der Waals surface area contributed by atoms with Crippen LogP contribution in [-0.4, -0.2) is 16.5 Å². The molecule has 0 fully saturated rings. The molecule has 0 spiro atoms. The van der Waals surface area contributed by atoms with Crippen LogP contribution < -0.4 is 9.47 Å². The zero-order chi connectivity index (χ0) is 17.9. The minimum atomic E-state index is -0.278. The Balaban J connectivity index is 1.59. The molecule has 5 heteroatoms. The maximum absolute atomic E-state index is 13.3. The number of imidazole rings is 1. The van der Waals surface area contributed by atoms with Crippen LogP contribution in [0.2, 0.25) is 0 Å². The van der Waals surface area contributed by atoms with Crippen molar-refractivity contribution in [1.29, 1.82) is 0 Å². The largest absolute Gasteiger partial charge is 0.493 e. The van der Waals surface area contributed by atoms with Crippen LogP contribution in [0.4, 0.5) is 4.39 Å². The number of hydrogen-bond acceptors (Lipinski definition) is 3. The van der Waals surface area contributed by atoms with E-state index in [-0.39, 0.29) is 12.4 Å². The van der Waals surface area contributed by atoms with E-state index in [2.05, 4.69) is 4.98 Å². The molecule has 26 heavy (non-hydrogen) atoms. The lowest BCUT2D eigenvalue weighted by atomic mass is 10.1. The van der Waals surface area contributed by atoms with Crippen LogP contribution in [0, 0.1) is 5.82 Å². The van der Waals surface area contributed by atoms with E-state index in [0.29, 0.717) is 11.5 Å². The van der Waals surface area contributed by atoms with Gasteiger partial charge in [-0.1, -0.05) is 18.2 Å². The predicted molar refractivity (Wildman–Crippen MR) is 97.9 cm³/mol. The molecule has 0 atom stereocenters. The van der Waals surface area contributed by atoms with Crippen LogP contribution in [0.3, 0.4) is 0 Å². The number of methoxy groups -OCH3 is 1. The van der Waals surface area contributed by atoms with Crippen molar-refractivity contribution in [2.45, 2.75) is 6.61 Å². The number of hydrogen-bond donors (Lipinski definition) is 0. The zero-order valence-corrected chi connectivity index (χ0v) is 14.2. The van der Waals surface area contributed by atoms with E-state index in [4.69, 9.17) is 9.47 Å². The van der Waals surface area contributed by atoms with E-state index in [1.54, 1.807) is 13.2 Å². The molecule has 130 valence electrons. The minimum absolute atomic E-state index is 0.266. The Hall–Kier alpha value is -3.34. The van der Waals surface area contributed by atoms with Gasteiger partial charge in [0.05, 0.1) is 12.8 Å². The monoisotopic (exact) mass is 348 g/mol. The quantitative estimate of drug-likeness (QED) is 0.523. The molecule has 0 N–H and O–H groups in total. The molecule has 2 aromatic heterocycles. The predicted octanol–water partition coefficient (Wildman–Crippen LogP) is 4.73. The molecule has 0 aliphatic rings. The van der Waals surface area contributed by atoms with Gasteiger partial charge in [0.25, 0.3) is 0 Å². The number of benzene rings is 2. The van der Waals surface area contributed by atoms with Crippen LogP contribution in [0.15, 0.2) is 73.1 Å². The third-order valence-electron chi connectivity index (χ3n) is 4.11. The van der Waals surface area contributed by atoms with Gasteiger partial charge in [-0.05, 0) is 48.0 Å². The van der Waals surface area contributed by atoms with Gasteiger partial charge in [0.1, 0.15) is 18.1 Å². The second-order valence-electron chi connectivity index (χ2n) is 5.88. The summed E-state index contributed by atoms with van der Waals surface area (Å²) in [6.07, 6.45) is 3.93. The maximum atomic E-state index is 13.3. The third kappa shape index (κ3) is 3.24. The standard InChI is InChI=1S/C21H17FN2O2/c1-25-20-12-16(18-13-24-10-3-2-7-21(24)23-18)8-9-19(20)26-14-15-5-4-6-17(22)11-15/h2-13H,14H2,1H3. The average Bonchev–Trinajstić information content (AvgIpc) is 3.10. The van der Waals surface area contributed by atoms with E-state index in [1.807, 2.05) is 59.3 Å². The Labute approximate surface area is 150 Å². The molecule has 4 nitrogen and oxygen atoms in total. The van der Waals surface area contributed by atoms with Gasteiger partial charge < -0.3 is 13.9 Å². The molecule has 2 aromatic carbocycles. The smallest absolute Gasteiger partial charge is 0.161 e. The first-order valence-electron chi connectivity index (χ1n) is 8.22. The SMILES string of the molecule is COc1cc(-c2cn3ccccc3n2)ccc1OCc1cccc(F)c1. The van der Waals surface area contributed by atoms with Gasteiger partial charge in [0.2, 0.25) is 0 Å². The fourth-order valence-corrected chi connectivity index (χ4v) is 2.81. The second-order valence-corrected chi connectivity index (χ2v) is 5.88. The van der Waals surface area contributed by atoms with Gasteiger partial charge in [0.15, 0.2) is 11.5 Å². The van der Waals surface area contributed by atoms with E-state index in [9.17, 15) is 4.39 Å². The molecule has 0 saturated carbocycles. The normalized spacial score (nSPS) is 10.8. The van der Waals surface area contributed by atoms with Gasteiger partial charge in [-0.3, -0.25) is 0 Å². The lowest BCUT2D eigenvalue weighted by molar-refractivity contribution is 0.284. The number of nitrogens with zero attached hydrogens (tertiary/aromatic N) is 2. The summed E-state index contributed by atoms with van der Waals surface area (Å²) in [4.78, 5) is 4.62. The molecule has 4 aromatic rings. The maximum Gasteiger partial charge on any atom is 0.161 e. The van der Waals surface area contributed by atoms with Crippen LogP contribution in [-0.2, 0) is 6.61 Å². The summed E-state index contributed by atoms with van der Waals surface area (Å²) in [6, 6.07) is 17.9. The van der Waals surface area contributed by atoms with Gasteiger partial charge in [-0.2, -0.15) is 0 Å². The van der Waals surface area contributed by atoms with E-state index in [0.717, 1.165) is 22.5 Å². The Morgan fingerprint density at radius 1 is 1.00 bits per heavy atom. The fourth-order valence-electron chi connectivity index (χ4n) is 2.81. The molecule has 0 aliphatic carbocycles. The molecule has 0 bridgehead atoms. The summed E-state index contributed by atoms with van der Waals surface area (Å²) in [5.41, 5.74) is 3.43. The van der Waals surface area contributed by atoms with Gasteiger partial charge >= 0.3 is 0 Å². The summed E-state index contributed by atoms with van der Waals surface area (Å²) in [5.74, 6) is 0.931. The molecule has 0 amide bonds. The van der Waals surface area contributed by atoms with Crippen molar-refractivity contribution >= 4 is 5.65 Å². The molecule has 0 radical (unpaired) electrons. The fraction of sp³-hybridized carbons (Fsp3) is 0.0952. The Kier molecular flexibility index (Phi) is 4.27. The number of fused-ring (bicyclic) bond motifs is 1. The zero-order valence-electron chi connectivity index (χ0n) is 14.2. The van der Waals surface area contributed by atoms with Crippen LogP contribution in [0.1, 0.15) is 5.56 Å². The number of halogens is 1. The van der Waals surface area contributed by atoms with E-state index < -0.39 is 0 Å². The Morgan fingerprint density at radius 3 is 2.73 bits per heavy atom. The highest BCUT2D eigenvalue weighted by Crippen LogP contribution is 2.32. The lowest BCUT2D eigenvalue weighted by Gasteiger charge is -2.12. The first kappa shape index (κ1) is 16.1. The molecular weight excluding hydrogens is 331 g/mol. The van der Waals surface area contributed by atoms with Crippen LogP contribution in [0.25, 0.3) is 16.9 Å². The van der Waals surface area contributed by atoms with Crippen molar-refractivity contribution in [3.63, 3.8) is 0 Å². The van der Waals surface area contributed by atoms with Crippen LogP contribution in [0.5, 0.6) is 11.5 Å². The highest BCUT2D eigenvalue weighted by Gasteiger charge is 2.10. The number of pyridine rings is 1. The topological polar surface area (TPSA) is 35.8 Å². The molecule has 4 rings (SSSR count). The van der Waals surface area contributed by atoms with Crippen molar-refractivity contribution in [1.82, 2.24) is 9.38 Å². The van der Waals surface area contributed by atoms with E-state index >= 15 is 0 Å². The van der Waals surface area contributed by atoms with Gasteiger partial charge in [-0.15, -0.1) is 0 Å². The molecular formula is C21H17FN2O2. The molecule has 0 unspecified atom stereocenters. The van der Waals surface area contributed by atoms with Crippen molar-refractivity contribution in [2.24, 2.45) is 0 Å². The minimum Gasteiger partial charge on any atom is -0.493 e. The van der Waals surface area contributed by atoms with Crippen molar-refractivity contribution < 1.29 is 13.9 Å². The van der Waals surface area contributed by atoms with E-state index in [1.165, 1.54) is 12.1 Å². The lowest BCUT2D eigenvalue weighted by Crippen LogP contribution is -1.98. The molecule has 2 heterocycles. The summed E-state index contributed by atoms with van der Waals surface area (Å²) in [5, 5.41) is 0. The van der Waals surface area contributed by atoms with Crippen molar-refractivity contribution in [3.05, 3.63) is 84.4 Å². The second kappa shape index (κ2) is 6.88. The molecule has 0 aliphatic heterocycles. The van der Waals surface area contributed by atoms with Crippen molar-refractivity contribution in [2.75, 3.05) is 7.11 Å². The molecule has 0 saturated heterocycles. The van der Waals surface area contributed by atoms with Gasteiger partial charge in [-0.25, -0.2) is 9.37 Å². The Bertz CT molecular complexity index is 1030. The number of rotatable bonds is 5. The third-order valence-corrected chi connectivity index (χ3v) is 4.11. The average molecular weight is 348 g/mol. The first-order valence-corrected chi connectivity index (χ1v) is 8.22. The summed E-state index contributed by atoms with van der Waals surface area (Å²) in [7, 11) is 1.60. The summed E-state index contributed by atoms with van der Waals surface area (Å²) in [6.45, 7) is 0.266. The number of ether oxygens (including phenoxy) is 2. The highest BCUT2D eigenvalue weighted by atomic mass is 19.1. The van der Waals surface area contributed by atoms with Gasteiger partial charge in [0, 0.05) is 18.0 Å². The summed E-state index contributed by atoms with van der Waals surface area (Å²) < 4.78 is 26.5. The highest BCUT2D eigenvalue weighted by molar-refractivity contribution is 5.66. The Morgan fingerprint density at radius 2 is 1.92 bits per heavy atom. The summed E-state index contributed by atoms with van der Waals surface area (Å²) >= 11 is 0. The van der Waals surface area contributed by atoms with Crippen LogP contribution >= 0.6 is 0 Å². The first-order chi connectivity index (χ1) is 12.7.